The summed E-state index contributed by atoms with van der Waals surface area (Å²) in [5, 5.41) is 15.5. The van der Waals surface area contributed by atoms with Crippen LogP contribution in [0.2, 0.25) is 0 Å². The lowest BCUT2D eigenvalue weighted by atomic mass is 9.99. The van der Waals surface area contributed by atoms with Crippen LogP contribution in [0.4, 0.5) is 0 Å². The van der Waals surface area contributed by atoms with E-state index in [4.69, 9.17) is 9.94 Å². The average Bonchev–Trinajstić information content (AvgIpc) is 3.16. The van der Waals surface area contributed by atoms with E-state index in [1.807, 2.05) is 43.3 Å². The van der Waals surface area contributed by atoms with Crippen molar-refractivity contribution >= 4 is 17.5 Å². The molecular formula is C22H25N3O4. The fraction of sp³-hybridized carbons (Fsp3) is 0.318. The van der Waals surface area contributed by atoms with E-state index in [-0.39, 0.29) is 31.5 Å². The first kappa shape index (κ1) is 20.5. The molecule has 0 bridgehead atoms. The Bertz CT molecular complexity index is 909. The molecule has 29 heavy (non-hydrogen) atoms. The van der Waals surface area contributed by atoms with E-state index in [1.54, 1.807) is 12.1 Å². The molecule has 7 heteroatoms. The third-order valence-corrected chi connectivity index (χ3v) is 4.94. The molecule has 2 amide bonds. The van der Waals surface area contributed by atoms with E-state index in [0.29, 0.717) is 17.7 Å². The summed E-state index contributed by atoms with van der Waals surface area (Å²) in [6.07, 6.45) is 0.304. The summed E-state index contributed by atoms with van der Waals surface area (Å²) in [5.74, 6) is -0.558. The molecule has 1 aliphatic rings. The van der Waals surface area contributed by atoms with Gasteiger partial charge in [0.15, 0.2) is 0 Å². The van der Waals surface area contributed by atoms with Crippen LogP contribution >= 0.6 is 0 Å². The third-order valence-electron chi connectivity index (χ3n) is 4.94. The predicted octanol–water partition coefficient (Wildman–Crippen LogP) is 1.99. The van der Waals surface area contributed by atoms with Crippen molar-refractivity contribution in [2.75, 3.05) is 26.8 Å². The smallest absolute Gasteiger partial charge is 0.254 e. The van der Waals surface area contributed by atoms with Crippen LogP contribution in [0.1, 0.15) is 22.3 Å². The second-order valence-corrected chi connectivity index (χ2v) is 6.90. The summed E-state index contributed by atoms with van der Waals surface area (Å²) in [6.45, 7) is 2.25. The van der Waals surface area contributed by atoms with Crippen molar-refractivity contribution < 1.29 is 19.5 Å². The number of amides is 2. The van der Waals surface area contributed by atoms with E-state index in [1.165, 1.54) is 12.0 Å². The van der Waals surface area contributed by atoms with Crippen molar-refractivity contribution in [3.63, 3.8) is 0 Å². The second-order valence-electron chi connectivity index (χ2n) is 6.90. The highest BCUT2D eigenvalue weighted by atomic mass is 16.6. The molecule has 0 spiro atoms. The summed E-state index contributed by atoms with van der Waals surface area (Å²) >= 11 is 0. The number of rotatable bonds is 6. The number of nitrogens with one attached hydrogen (secondary N) is 1. The first-order chi connectivity index (χ1) is 14.0. The zero-order chi connectivity index (χ0) is 20.8. The van der Waals surface area contributed by atoms with Gasteiger partial charge in [0.25, 0.3) is 5.91 Å². The van der Waals surface area contributed by atoms with E-state index in [0.717, 1.165) is 16.7 Å². The van der Waals surface area contributed by atoms with Gasteiger partial charge in [-0.2, -0.15) is 0 Å². The molecule has 3 rings (SSSR count). The van der Waals surface area contributed by atoms with Gasteiger partial charge in [0.05, 0.1) is 18.9 Å². The summed E-state index contributed by atoms with van der Waals surface area (Å²) in [6, 6.07) is 14.8. The fourth-order valence-corrected chi connectivity index (χ4v) is 3.50. The average molecular weight is 395 g/mol. The minimum absolute atomic E-state index is 0.138. The third kappa shape index (κ3) is 4.63. The van der Waals surface area contributed by atoms with Gasteiger partial charge in [0, 0.05) is 18.5 Å². The van der Waals surface area contributed by atoms with Gasteiger partial charge in [-0.05, 0) is 35.7 Å². The van der Waals surface area contributed by atoms with Crippen molar-refractivity contribution in [2.45, 2.75) is 19.4 Å². The maximum absolute atomic E-state index is 13.1. The predicted molar refractivity (Wildman–Crippen MR) is 111 cm³/mol. The molecule has 0 saturated carbocycles. The lowest BCUT2D eigenvalue weighted by Crippen LogP contribution is -2.46. The largest absolute Gasteiger partial charge is 0.399 e. The number of hydrogen-bond donors (Lipinski definition) is 2. The maximum Gasteiger partial charge on any atom is 0.254 e. The Morgan fingerprint density at radius 1 is 1.21 bits per heavy atom. The zero-order valence-electron chi connectivity index (χ0n) is 16.6. The molecule has 1 heterocycles. The molecule has 0 aliphatic carbocycles. The highest BCUT2D eigenvalue weighted by Crippen LogP contribution is 2.25. The standard InChI is InChI=1S/C22H25N3O4/c1-15-5-3-4-6-19(15)16-7-9-17(10-8-16)22(28)25-14-18(24-29-2)13-20(25)21(27)23-11-12-26/h3-10,20,26H,11-14H2,1-2H3,(H,23,27)/b24-18+. The molecule has 152 valence electrons. The highest BCUT2D eigenvalue weighted by molar-refractivity contribution is 6.05. The lowest BCUT2D eigenvalue weighted by Gasteiger charge is -2.23. The minimum atomic E-state index is -0.681. The van der Waals surface area contributed by atoms with Crippen LogP contribution in [0, 0.1) is 6.92 Å². The van der Waals surface area contributed by atoms with Crippen molar-refractivity contribution in [3.05, 3.63) is 59.7 Å². The van der Waals surface area contributed by atoms with Crippen LogP contribution in [0.25, 0.3) is 11.1 Å². The SMILES string of the molecule is CO/N=C1\CC(C(=O)NCCO)N(C(=O)c2ccc(-c3ccccc3C)cc2)C1. The number of carbonyl (C=O) groups is 2. The Morgan fingerprint density at radius 2 is 1.93 bits per heavy atom. The molecular weight excluding hydrogens is 370 g/mol. The van der Waals surface area contributed by atoms with Gasteiger partial charge in [0.2, 0.25) is 5.91 Å². The van der Waals surface area contributed by atoms with E-state index < -0.39 is 6.04 Å². The number of hydrogen-bond acceptors (Lipinski definition) is 5. The monoisotopic (exact) mass is 395 g/mol. The van der Waals surface area contributed by atoms with Gasteiger partial charge in [-0.1, -0.05) is 41.6 Å². The van der Waals surface area contributed by atoms with Crippen LogP contribution in [0.5, 0.6) is 0 Å². The van der Waals surface area contributed by atoms with Crippen molar-refractivity contribution in [1.29, 1.82) is 0 Å². The topological polar surface area (TPSA) is 91.2 Å². The Labute approximate surface area is 170 Å². The number of carbonyl (C=O) groups excluding carboxylic acids is 2. The van der Waals surface area contributed by atoms with Crippen molar-refractivity contribution in [2.24, 2.45) is 5.16 Å². The van der Waals surface area contributed by atoms with Gasteiger partial charge in [-0.15, -0.1) is 0 Å². The number of oxime groups is 1. The van der Waals surface area contributed by atoms with Gasteiger partial charge < -0.3 is 20.2 Å². The van der Waals surface area contributed by atoms with Crippen LogP contribution in [0.3, 0.4) is 0 Å². The number of likely N-dealkylation sites (tertiary alicyclic amines) is 1. The van der Waals surface area contributed by atoms with Gasteiger partial charge in [-0.3, -0.25) is 9.59 Å². The molecule has 1 atom stereocenters. The minimum Gasteiger partial charge on any atom is -0.399 e. The molecule has 2 aromatic carbocycles. The number of benzene rings is 2. The molecule has 2 aromatic rings. The highest BCUT2D eigenvalue weighted by Gasteiger charge is 2.38. The quantitative estimate of drug-likeness (QED) is 0.732. The second kappa shape index (κ2) is 9.34. The van der Waals surface area contributed by atoms with Crippen LogP contribution in [0.15, 0.2) is 53.7 Å². The van der Waals surface area contributed by atoms with Gasteiger partial charge >= 0.3 is 0 Å². The van der Waals surface area contributed by atoms with Crippen LogP contribution in [-0.4, -0.2) is 60.4 Å². The molecule has 1 unspecified atom stereocenters. The molecule has 0 radical (unpaired) electrons. The first-order valence-corrected chi connectivity index (χ1v) is 9.49. The van der Waals surface area contributed by atoms with Gasteiger partial charge in [-0.25, -0.2) is 0 Å². The maximum atomic E-state index is 13.1. The number of aliphatic hydroxyl groups excluding tert-OH is 1. The molecule has 1 aliphatic heterocycles. The number of aliphatic hydroxyl groups is 1. The molecule has 1 fully saturated rings. The fourth-order valence-electron chi connectivity index (χ4n) is 3.50. The first-order valence-electron chi connectivity index (χ1n) is 9.49. The van der Waals surface area contributed by atoms with E-state index in [9.17, 15) is 9.59 Å². The van der Waals surface area contributed by atoms with E-state index in [2.05, 4.69) is 10.5 Å². The van der Waals surface area contributed by atoms with Crippen molar-refractivity contribution in [3.8, 4) is 11.1 Å². The summed E-state index contributed by atoms with van der Waals surface area (Å²) < 4.78 is 0. The number of aryl methyl sites for hydroxylation is 1. The molecule has 2 N–H and O–H groups in total. The lowest BCUT2D eigenvalue weighted by molar-refractivity contribution is -0.124. The number of nitrogens with zero attached hydrogens (tertiary/aromatic N) is 2. The van der Waals surface area contributed by atoms with Crippen LogP contribution < -0.4 is 5.32 Å². The Balaban J connectivity index is 1.82. The van der Waals surface area contributed by atoms with Crippen LogP contribution in [-0.2, 0) is 9.63 Å². The van der Waals surface area contributed by atoms with Crippen molar-refractivity contribution in [1.82, 2.24) is 10.2 Å². The molecule has 0 aromatic heterocycles. The molecule has 1 saturated heterocycles. The Morgan fingerprint density at radius 3 is 2.59 bits per heavy atom. The zero-order valence-corrected chi connectivity index (χ0v) is 16.6. The molecule has 7 nitrogen and oxygen atoms in total. The normalized spacial score (nSPS) is 17.4. The Hall–Kier alpha value is -3.19. The summed E-state index contributed by atoms with van der Waals surface area (Å²) in [7, 11) is 1.43. The van der Waals surface area contributed by atoms with E-state index >= 15 is 0 Å². The van der Waals surface area contributed by atoms with Gasteiger partial charge in [0.1, 0.15) is 13.2 Å². The Kier molecular flexibility index (Phi) is 6.61. The summed E-state index contributed by atoms with van der Waals surface area (Å²) in [4.78, 5) is 31.9. The summed E-state index contributed by atoms with van der Waals surface area (Å²) in [5.41, 5.74) is 4.43.